The number of nitrogens with zero attached hydrogens (tertiary/aromatic N) is 1. The average molecular weight is 262 g/mol. The maximum Gasteiger partial charge on any atom is 0.496 e. The molecule has 0 saturated carbocycles. The number of hydrogen-bond donors (Lipinski definition) is 1. The number of nitrogens with one attached hydrogen (secondary N) is 1. The number of hydrogen-bond acceptors (Lipinski definition) is 4. The van der Waals surface area contributed by atoms with E-state index in [9.17, 15) is 0 Å². The molecule has 4 nitrogen and oxygen atoms in total. The molecule has 1 aromatic rings. The van der Waals surface area contributed by atoms with E-state index >= 15 is 0 Å². The van der Waals surface area contributed by atoms with Crippen LogP contribution >= 0.6 is 0 Å². The molecule has 104 valence electrons. The van der Waals surface area contributed by atoms with Crippen LogP contribution in [0.1, 0.15) is 39.0 Å². The summed E-state index contributed by atoms with van der Waals surface area (Å²) in [5, 5.41) is 3.15. The highest BCUT2D eigenvalue weighted by Crippen LogP contribution is 2.36. The van der Waals surface area contributed by atoms with Crippen LogP contribution in [-0.2, 0) is 15.9 Å². The fraction of sp³-hybridized carbons (Fsp3) is 0.643. The first kappa shape index (κ1) is 14.5. The topological polar surface area (TPSA) is 43.4 Å². The Morgan fingerprint density at radius 2 is 1.79 bits per heavy atom. The Balaban J connectivity index is 2.27. The molecule has 0 amide bonds. The normalized spacial score (nSPS) is 20.8. The first-order valence-electron chi connectivity index (χ1n) is 6.72. The van der Waals surface area contributed by atoms with E-state index in [-0.39, 0.29) is 18.3 Å². The Morgan fingerprint density at radius 1 is 1.21 bits per heavy atom. The predicted octanol–water partition coefficient (Wildman–Crippen LogP) is 1.41. The van der Waals surface area contributed by atoms with Gasteiger partial charge in [-0.15, -0.1) is 0 Å². The van der Waals surface area contributed by atoms with Crippen LogP contribution in [-0.4, -0.2) is 30.4 Å². The van der Waals surface area contributed by atoms with E-state index in [1.165, 1.54) is 5.56 Å². The van der Waals surface area contributed by atoms with Crippen molar-refractivity contribution in [3.8, 4) is 0 Å². The third-order valence-electron chi connectivity index (χ3n) is 4.11. The molecule has 1 fully saturated rings. The van der Waals surface area contributed by atoms with Crippen molar-refractivity contribution in [3.05, 3.63) is 23.5 Å². The molecule has 0 spiro atoms. The Bertz CT molecular complexity index is 459. The maximum absolute atomic E-state index is 6.04. The Labute approximate surface area is 116 Å². The van der Waals surface area contributed by atoms with Crippen molar-refractivity contribution < 1.29 is 9.31 Å². The molecule has 5 heteroatoms. The van der Waals surface area contributed by atoms with Crippen LogP contribution in [0.2, 0.25) is 0 Å². The molecule has 0 aromatic carbocycles. The Morgan fingerprint density at radius 3 is 2.32 bits per heavy atom. The largest absolute Gasteiger partial charge is 0.496 e. The van der Waals surface area contributed by atoms with E-state index < -0.39 is 0 Å². The van der Waals surface area contributed by atoms with Crippen molar-refractivity contribution in [2.45, 2.75) is 52.4 Å². The molecular formula is C14H23BN2O2. The van der Waals surface area contributed by atoms with Crippen molar-refractivity contribution in [1.29, 1.82) is 0 Å². The van der Waals surface area contributed by atoms with E-state index in [2.05, 4.69) is 44.1 Å². The maximum atomic E-state index is 6.04. The first-order chi connectivity index (χ1) is 8.77. The molecule has 0 bridgehead atoms. The summed E-state index contributed by atoms with van der Waals surface area (Å²) < 4.78 is 12.1. The molecule has 19 heavy (non-hydrogen) atoms. The first-order valence-corrected chi connectivity index (χ1v) is 6.72. The lowest BCUT2D eigenvalue weighted by molar-refractivity contribution is 0.00578. The molecule has 0 atom stereocenters. The zero-order valence-corrected chi connectivity index (χ0v) is 12.7. The van der Waals surface area contributed by atoms with Gasteiger partial charge in [0.05, 0.1) is 11.2 Å². The SMILES string of the molecule is CNCc1cc(B2OC(C)(C)C(C)(C)O2)cnc1C. The molecule has 1 aromatic heterocycles. The highest BCUT2D eigenvalue weighted by Gasteiger charge is 2.51. The van der Waals surface area contributed by atoms with Crippen LogP contribution < -0.4 is 10.8 Å². The molecule has 0 aliphatic carbocycles. The summed E-state index contributed by atoms with van der Waals surface area (Å²) in [5.74, 6) is 0. The lowest BCUT2D eigenvalue weighted by Gasteiger charge is -2.32. The molecule has 2 rings (SSSR count). The minimum absolute atomic E-state index is 0.314. The highest BCUT2D eigenvalue weighted by atomic mass is 16.7. The molecular weight excluding hydrogens is 239 g/mol. The van der Waals surface area contributed by atoms with Crippen molar-refractivity contribution >= 4 is 12.6 Å². The Hall–Kier alpha value is -0.905. The molecule has 0 radical (unpaired) electrons. The van der Waals surface area contributed by atoms with Gasteiger partial charge >= 0.3 is 7.12 Å². The van der Waals surface area contributed by atoms with Crippen molar-refractivity contribution in [2.24, 2.45) is 0 Å². The minimum atomic E-state index is -0.339. The van der Waals surface area contributed by atoms with E-state index in [0.717, 1.165) is 17.7 Å². The van der Waals surface area contributed by atoms with Crippen molar-refractivity contribution in [2.75, 3.05) is 7.05 Å². The van der Waals surface area contributed by atoms with Crippen LogP contribution in [0.15, 0.2) is 12.3 Å². The van der Waals surface area contributed by atoms with Gasteiger partial charge in [0.1, 0.15) is 0 Å². The zero-order chi connectivity index (χ0) is 14.3. The monoisotopic (exact) mass is 262 g/mol. The van der Waals surface area contributed by atoms with E-state index in [1.807, 2.05) is 20.2 Å². The van der Waals surface area contributed by atoms with Gasteiger partial charge in [-0.1, -0.05) is 6.07 Å². The third-order valence-corrected chi connectivity index (χ3v) is 4.11. The van der Waals surface area contributed by atoms with E-state index in [4.69, 9.17) is 9.31 Å². The van der Waals surface area contributed by atoms with Gasteiger partial charge in [0.15, 0.2) is 0 Å². The van der Waals surface area contributed by atoms with Crippen LogP contribution in [0.5, 0.6) is 0 Å². The molecule has 2 heterocycles. The standard InChI is InChI=1S/C14H23BN2O2/c1-10-11(8-16-6)7-12(9-17-10)15-18-13(2,3)14(4,5)19-15/h7,9,16H,8H2,1-6H3. The van der Waals surface area contributed by atoms with E-state index in [1.54, 1.807) is 0 Å². The summed E-state index contributed by atoms with van der Waals surface area (Å²) in [5.41, 5.74) is 2.57. The summed E-state index contributed by atoms with van der Waals surface area (Å²) in [6.45, 7) is 11.0. The van der Waals surface area contributed by atoms with Gasteiger partial charge in [0.25, 0.3) is 0 Å². The van der Waals surface area contributed by atoms with Crippen LogP contribution in [0.4, 0.5) is 0 Å². The summed E-state index contributed by atoms with van der Waals surface area (Å²) in [6.07, 6.45) is 1.84. The second kappa shape index (κ2) is 4.89. The summed E-state index contributed by atoms with van der Waals surface area (Å²) in [7, 11) is 1.59. The summed E-state index contributed by atoms with van der Waals surface area (Å²) in [4.78, 5) is 4.44. The van der Waals surface area contributed by atoms with Gasteiger partial charge < -0.3 is 14.6 Å². The second-order valence-electron chi connectivity index (χ2n) is 6.13. The van der Waals surface area contributed by atoms with Crippen molar-refractivity contribution in [3.63, 3.8) is 0 Å². The zero-order valence-electron chi connectivity index (χ0n) is 12.7. The third kappa shape index (κ3) is 2.68. The quantitative estimate of drug-likeness (QED) is 0.836. The lowest BCUT2D eigenvalue weighted by Crippen LogP contribution is -2.41. The molecule has 1 saturated heterocycles. The Kier molecular flexibility index (Phi) is 3.73. The van der Waals surface area contributed by atoms with E-state index in [0.29, 0.717) is 0 Å². The lowest BCUT2D eigenvalue weighted by atomic mass is 9.79. The summed E-state index contributed by atoms with van der Waals surface area (Å²) >= 11 is 0. The number of rotatable bonds is 3. The van der Waals surface area contributed by atoms with Gasteiger partial charge in [0, 0.05) is 23.9 Å². The fourth-order valence-electron chi connectivity index (χ4n) is 2.07. The van der Waals surface area contributed by atoms with Crippen LogP contribution in [0.3, 0.4) is 0 Å². The fourth-order valence-corrected chi connectivity index (χ4v) is 2.07. The van der Waals surface area contributed by atoms with Gasteiger partial charge in [-0.25, -0.2) is 0 Å². The van der Waals surface area contributed by atoms with Crippen molar-refractivity contribution in [1.82, 2.24) is 10.3 Å². The number of aryl methyl sites for hydroxylation is 1. The molecule has 1 N–H and O–H groups in total. The van der Waals surface area contributed by atoms with Gasteiger partial charge in [-0.05, 0) is 47.2 Å². The number of aromatic nitrogens is 1. The van der Waals surface area contributed by atoms with Crippen LogP contribution in [0.25, 0.3) is 0 Å². The van der Waals surface area contributed by atoms with Gasteiger partial charge in [-0.2, -0.15) is 0 Å². The average Bonchev–Trinajstić information content (AvgIpc) is 2.51. The molecule has 1 aliphatic rings. The smallest absolute Gasteiger partial charge is 0.399 e. The second-order valence-corrected chi connectivity index (χ2v) is 6.13. The predicted molar refractivity (Wildman–Crippen MR) is 77.5 cm³/mol. The van der Waals surface area contributed by atoms with Gasteiger partial charge in [0.2, 0.25) is 0 Å². The van der Waals surface area contributed by atoms with Crippen LogP contribution in [0, 0.1) is 6.92 Å². The summed E-state index contributed by atoms with van der Waals surface area (Å²) in [6, 6.07) is 2.11. The number of pyridine rings is 1. The minimum Gasteiger partial charge on any atom is -0.399 e. The van der Waals surface area contributed by atoms with Gasteiger partial charge in [-0.3, -0.25) is 4.98 Å². The molecule has 1 aliphatic heterocycles. The highest BCUT2D eigenvalue weighted by molar-refractivity contribution is 6.62. The molecule has 0 unspecified atom stereocenters.